The summed E-state index contributed by atoms with van der Waals surface area (Å²) < 4.78 is 25.8. The number of aromatic nitrogens is 2. The van der Waals surface area contributed by atoms with Gasteiger partial charge in [0.05, 0.1) is 19.3 Å². The molecule has 0 bridgehead atoms. The number of rotatable bonds is 10. The Bertz CT molecular complexity index is 1790. The smallest absolute Gasteiger partial charge is 0.287 e. The van der Waals surface area contributed by atoms with Crippen molar-refractivity contribution in [1.82, 2.24) is 20.6 Å². The fourth-order valence-electron chi connectivity index (χ4n) is 3.88. The second-order valence-corrected chi connectivity index (χ2v) is 8.67. The molecule has 3 aromatic heterocycles. The second kappa shape index (κ2) is 12.1. The maximum absolute atomic E-state index is 14.6. The normalized spacial score (nSPS) is 11.5. The molecule has 0 saturated carbocycles. The molecule has 0 aliphatic rings. The number of hydrogen-bond donors (Lipinski definition) is 4. The zero-order chi connectivity index (χ0) is 28.8. The van der Waals surface area contributed by atoms with Crippen LogP contribution < -0.4 is 21.3 Å². The second-order valence-electron chi connectivity index (χ2n) is 8.67. The minimum Gasteiger partial charge on any atom is -0.451 e. The Morgan fingerprint density at radius 3 is 1.90 bits per heavy atom. The standard InChI is InChI=1S/C28H25FN8O4/c1-30-7-9-32-26(38)23-13-16-11-18(3-5-21(16)40-23)35-25-20(29)15-34-28(37-25)36-19-4-6-22-17(12-19)14-24(41-22)27(39)33-10-8-31-2/h3-8,11-15H,9-10H2,1-2H3,(H,32,38)(H,33,39)(H2,34,35,36,37). The summed E-state index contributed by atoms with van der Waals surface area (Å²) in [6, 6.07) is 13.5. The average molecular weight is 557 g/mol. The van der Waals surface area contributed by atoms with Crippen molar-refractivity contribution in [3.63, 3.8) is 0 Å². The first kappa shape index (κ1) is 27.0. The number of carbonyl (C=O) groups is 2. The van der Waals surface area contributed by atoms with Crippen molar-refractivity contribution in [2.45, 2.75) is 0 Å². The van der Waals surface area contributed by atoms with Gasteiger partial charge in [-0.3, -0.25) is 19.6 Å². The van der Waals surface area contributed by atoms with Gasteiger partial charge in [0.15, 0.2) is 23.2 Å². The molecule has 0 spiro atoms. The number of anilines is 4. The van der Waals surface area contributed by atoms with Gasteiger partial charge in [-0.05, 0) is 48.5 Å². The highest BCUT2D eigenvalue weighted by molar-refractivity contribution is 5.98. The highest BCUT2D eigenvalue weighted by atomic mass is 19.1. The molecule has 2 amide bonds. The fourth-order valence-corrected chi connectivity index (χ4v) is 3.88. The lowest BCUT2D eigenvalue weighted by Gasteiger charge is -2.09. The van der Waals surface area contributed by atoms with E-state index in [1.165, 1.54) is 0 Å². The third-order valence-electron chi connectivity index (χ3n) is 5.82. The monoisotopic (exact) mass is 556 g/mol. The van der Waals surface area contributed by atoms with Crippen LogP contribution in [0.4, 0.5) is 27.5 Å². The van der Waals surface area contributed by atoms with Crippen LogP contribution in [0.1, 0.15) is 21.1 Å². The van der Waals surface area contributed by atoms with Gasteiger partial charge in [0.25, 0.3) is 11.8 Å². The Hall–Kier alpha value is -5.59. The Morgan fingerprint density at radius 2 is 1.37 bits per heavy atom. The molecule has 0 saturated heterocycles. The zero-order valence-electron chi connectivity index (χ0n) is 22.1. The van der Waals surface area contributed by atoms with Gasteiger partial charge in [-0.25, -0.2) is 9.37 Å². The van der Waals surface area contributed by atoms with Crippen LogP contribution in [0.5, 0.6) is 0 Å². The van der Waals surface area contributed by atoms with Crippen LogP contribution in [0.3, 0.4) is 0 Å². The van der Waals surface area contributed by atoms with Gasteiger partial charge >= 0.3 is 0 Å². The number of carbonyl (C=O) groups excluding carboxylic acids is 2. The molecule has 0 radical (unpaired) electrons. The van der Waals surface area contributed by atoms with E-state index in [1.54, 1.807) is 75.1 Å². The molecule has 5 aromatic rings. The average Bonchev–Trinajstić information content (AvgIpc) is 3.59. The summed E-state index contributed by atoms with van der Waals surface area (Å²) >= 11 is 0. The summed E-state index contributed by atoms with van der Waals surface area (Å²) in [7, 11) is 3.24. The fraction of sp³-hybridized carbons (Fsp3) is 0.143. The van der Waals surface area contributed by atoms with E-state index < -0.39 is 5.82 Å². The van der Waals surface area contributed by atoms with Gasteiger partial charge in [-0.1, -0.05) is 0 Å². The first-order valence-electron chi connectivity index (χ1n) is 12.4. The van der Waals surface area contributed by atoms with E-state index in [-0.39, 0.29) is 41.6 Å². The Kier molecular flexibility index (Phi) is 7.95. The largest absolute Gasteiger partial charge is 0.451 e. The lowest BCUT2D eigenvalue weighted by molar-refractivity contribution is 0.0927. The summed E-state index contributed by atoms with van der Waals surface area (Å²) in [6.07, 6.45) is 4.20. The molecular formula is C28H25FN8O4. The van der Waals surface area contributed by atoms with Crippen molar-refractivity contribution in [1.29, 1.82) is 0 Å². The highest BCUT2D eigenvalue weighted by Gasteiger charge is 2.15. The van der Waals surface area contributed by atoms with E-state index in [9.17, 15) is 14.0 Å². The third-order valence-corrected chi connectivity index (χ3v) is 5.82. The van der Waals surface area contributed by atoms with Crippen LogP contribution in [-0.2, 0) is 0 Å². The van der Waals surface area contributed by atoms with Gasteiger partial charge in [-0.15, -0.1) is 0 Å². The minimum atomic E-state index is -0.658. The number of halogens is 1. The van der Waals surface area contributed by atoms with Gasteiger partial charge < -0.3 is 30.1 Å². The summed E-state index contributed by atoms with van der Waals surface area (Å²) in [5.74, 6) is -0.983. The number of aliphatic imine (C=N–C) groups is 2. The molecule has 41 heavy (non-hydrogen) atoms. The van der Waals surface area contributed by atoms with E-state index >= 15 is 0 Å². The number of hydrogen-bond acceptors (Lipinski definition) is 10. The summed E-state index contributed by atoms with van der Waals surface area (Å²) in [5, 5.41) is 12.7. The van der Waals surface area contributed by atoms with Crippen molar-refractivity contribution in [3.05, 3.63) is 72.1 Å². The van der Waals surface area contributed by atoms with Crippen molar-refractivity contribution >= 4 is 69.3 Å². The molecule has 0 atom stereocenters. The van der Waals surface area contributed by atoms with E-state index in [2.05, 4.69) is 41.2 Å². The van der Waals surface area contributed by atoms with Crippen LogP contribution in [0.25, 0.3) is 21.9 Å². The van der Waals surface area contributed by atoms with Crippen molar-refractivity contribution in [2.75, 3.05) is 37.8 Å². The van der Waals surface area contributed by atoms with Gasteiger partial charge in [-0.2, -0.15) is 4.98 Å². The Labute approximate surface area is 232 Å². The van der Waals surface area contributed by atoms with E-state index in [1.807, 2.05) is 0 Å². The first-order chi connectivity index (χ1) is 19.9. The van der Waals surface area contributed by atoms with Crippen molar-refractivity contribution in [2.24, 2.45) is 9.98 Å². The lowest BCUT2D eigenvalue weighted by Crippen LogP contribution is -2.24. The SMILES string of the molecule is CN=CCNC(=O)c1cc2cc(Nc3ncc(F)c(Nc4ccc5oc(C(=O)NCC=NC)cc5c4)n3)ccc2o1. The quantitative estimate of drug-likeness (QED) is 0.184. The van der Waals surface area contributed by atoms with E-state index in [0.717, 1.165) is 6.20 Å². The number of benzene rings is 2. The molecular weight excluding hydrogens is 531 g/mol. The highest BCUT2D eigenvalue weighted by Crippen LogP contribution is 2.28. The third kappa shape index (κ3) is 6.36. The van der Waals surface area contributed by atoms with Gasteiger partial charge in [0.1, 0.15) is 11.2 Å². The van der Waals surface area contributed by atoms with Crippen molar-refractivity contribution in [3.8, 4) is 0 Å². The Morgan fingerprint density at radius 1 is 0.829 bits per heavy atom. The van der Waals surface area contributed by atoms with Crippen LogP contribution in [-0.4, -0.2) is 61.4 Å². The minimum absolute atomic E-state index is 0.0545. The lowest BCUT2D eigenvalue weighted by atomic mass is 10.2. The van der Waals surface area contributed by atoms with Crippen LogP contribution in [0.15, 0.2) is 73.5 Å². The van der Waals surface area contributed by atoms with Crippen LogP contribution in [0.2, 0.25) is 0 Å². The van der Waals surface area contributed by atoms with Gasteiger partial charge in [0.2, 0.25) is 5.95 Å². The predicted octanol–water partition coefficient (Wildman–Crippen LogP) is 4.46. The summed E-state index contributed by atoms with van der Waals surface area (Å²) in [5.41, 5.74) is 2.16. The molecule has 0 unspecified atom stereocenters. The van der Waals surface area contributed by atoms with E-state index in [0.29, 0.717) is 39.9 Å². The predicted molar refractivity (Wildman–Crippen MR) is 154 cm³/mol. The van der Waals surface area contributed by atoms with Crippen molar-refractivity contribution < 1.29 is 22.8 Å². The Balaban J connectivity index is 1.30. The van der Waals surface area contributed by atoms with E-state index in [4.69, 9.17) is 8.83 Å². The molecule has 13 heteroatoms. The maximum atomic E-state index is 14.6. The number of nitrogens with one attached hydrogen (secondary N) is 4. The topological polar surface area (TPSA) is 159 Å². The number of amides is 2. The first-order valence-corrected chi connectivity index (χ1v) is 12.4. The molecule has 3 heterocycles. The number of furan rings is 2. The number of fused-ring (bicyclic) bond motifs is 2. The molecule has 0 aliphatic heterocycles. The van der Waals surface area contributed by atoms with Crippen LogP contribution >= 0.6 is 0 Å². The van der Waals surface area contributed by atoms with Gasteiger partial charge in [0, 0.05) is 48.7 Å². The molecule has 208 valence electrons. The molecule has 2 aromatic carbocycles. The summed E-state index contributed by atoms with van der Waals surface area (Å²) in [4.78, 5) is 40.5. The molecule has 5 rings (SSSR count). The molecule has 4 N–H and O–H groups in total. The molecule has 0 aliphatic carbocycles. The van der Waals surface area contributed by atoms with Crippen LogP contribution in [0, 0.1) is 5.82 Å². The molecule has 0 fully saturated rings. The maximum Gasteiger partial charge on any atom is 0.287 e. The molecule has 12 nitrogen and oxygen atoms in total. The number of nitrogens with zero attached hydrogens (tertiary/aromatic N) is 4. The summed E-state index contributed by atoms with van der Waals surface area (Å²) in [6.45, 7) is 0.576. The zero-order valence-corrected chi connectivity index (χ0v) is 22.1.